The minimum atomic E-state index is -1.05. The van der Waals surface area contributed by atoms with Gasteiger partial charge in [-0.25, -0.2) is 5.21 Å². The third-order valence-electron chi connectivity index (χ3n) is 2.74. The number of nitrogens with one attached hydrogen (secondary N) is 2. The second kappa shape index (κ2) is 6.27. The number of aromatic nitrogens is 1. The minimum Gasteiger partial charge on any atom is -0.595 e. The number of hydrogen-bond donors (Lipinski definition) is 3. The molecule has 0 aliphatic rings. The summed E-state index contributed by atoms with van der Waals surface area (Å²) in [5.74, 6) is -0.174. The molecule has 3 N–H and O–H groups in total. The third-order valence-corrected chi connectivity index (χ3v) is 3.68. The van der Waals surface area contributed by atoms with Gasteiger partial charge in [0.2, 0.25) is 0 Å². The van der Waals surface area contributed by atoms with Crippen molar-refractivity contribution in [1.29, 1.82) is 5.41 Å². The molecule has 20 heavy (non-hydrogen) atoms. The second-order valence-electron chi connectivity index (χ2n) is 4.18. The number of carbonyl (C=O) groups is 1. The molecule has 2 aromatic rings. The summed E-state index contributed by atoms with van der Waals surface area (Å²) in [7, 11) is 0. The Morgan fingerprint density at radius 1 is 1.35 bits per heavy atom. The van der Waals surface area contributed by atoms with Gasteiger partial charge in [0.1, 0.15) is 0 Å². The second-order valence-corrected chi connectivity index (χ2v) is 5.34. The van der Waals surface area contributed by atoms with Crippen molar-refractivity contribution in [3.63, 3.8) is 0 Å². The van der Waals surface area contributed by atoms with Gasteiger partial charge >= 0.3 is 0 Å². The van der Waals surface area contributed by atoms with Gasteiger partial charge in [0.05, 0.1) is 15.5 Å². The van der Waals surface area contributed by atoms with Crippen LogP contribution in [0.3, 0.4) is 0 Å². The zero-order chi connectivity index (χ0) is 14.7. The highest BCUT2D eigenvalue weighted by Gasteiger charge is 2.12. The molecule has 1 heterocycles. The van der Waals surface area contributed by atoms with Crippen LogP contribution in [0.5, 0.6) is 0 Å². The first-order valence-electron chi connectivity index (χ1n) is 5.74. The first-order valence-corrected chi connectivity index (χ1v) is 6.82. The maximum atomic E-state index is 12.1. The van der Waals surface area contributed by atoms with Crippen molar-refractivity contribution in [3.05, 3.63) is 62.4 Å². The Hall–Kier alpha value is -1.55. The van der Waals surface area contributed by atoms with Gasteiger partial charge in [-0.05, 0) is 46.9 Å². The molecule has 0 saturated carbocycles. The predicted molar refractivity (Wildman–Crippen MR) is 79.6 cm³/mol. The van der Waals surface area contributed by atoms with Crippen molar-refractivity contribution in [2.75, 3.05) is 0 Å². The fraction of sp³-hybridized carbons (Fsp3) is 0.0769. The van der Waals surface area contributed by atoms with Crippen LogP contribution in [0.15, 0.2) is 42.7 Å². The Morgan fingerprint density at radius 3 is 2.60 bits per heavy atom. The quantitative estimate of drug-likeness (QED) is 0.414. The van der Waals surface area contributed by atoms with Gasteiger partial charge in [-0.2, -0.15) is 5.23 Å². The highest BCUT2D eigenvalue weighted by atomic mass is 127. The van der Waals surface area contributed by atoms with E-state index < -0.39 is 5.23 Å². The molecule has 1 atom stereocenters. The molecule has 104 valence electrons. The fourth-order valence-electron chi connectivity index (χ4n) is 1.68. The van der Waals surface area contributed by atoms with Crippen molar-refractivity contribution in [1.82, 2.24) is 4.57 Å². The number of ketones is 1. The number of rotatable bonds is 4. The molecule has 0 fully saturated rings. The van der Waals surface area contributed by atoms with Gasteiger partial charge < -0.3 is 15.2 Å². The molecule has 0 saturated heterocycles. The lowest BCUT2D eigenvalue weighted by atomic mass is 10.1. The molecule has 0 amide bonds. The van der Waals surface area contributed by atoms with Gasteiger partial charge in [-0.1, -0.05) is 0 Å². The van der Waals surface area contributed by atoms with E-state index in [9.17, 15) is 10.0 Å². The van der Waals surface area contributed by atoms with Crippen molar-refractivity contribution in [2.45, 2.75) is 6.54 Å². The average Bonchev–Trinajstić information content (AvgIpc) is 2.41. The Bertz CT molecular complexity index is 677. The summed E-state index contributed by atoms with van der Waals surface area (Å²) in [6, 6.07) is 7.81. The fourth-order valence-corrected chi connectivity index (χ4v) is 2.25. The zero-order valence-corrected chi connectivity index (χ0v) is 12.5. The smallest absolute Gasteiger partial charge is 0.182 e. The predicted octanol–water partition coefficient (Wildman–Crippen LogP) is 0.858. The van der Waals surface area contributed by atoms with E-state index in [0.29, 0.717) is 14.5 Å². The van der Waals surface area contributed by atoms with E-state index in [1.165, 1.54) is 6.07 Å². The van der Waals surface area contributed by atoms with Crippen LogP contribution >= 0.6 is 22.6 Å². The lowest BCUT2D eigenvalue weighted by Crippen LogP contribution is -2.99. The number of hydrogen-bond acceptors (Lipinski definition) is 4. The van der Waals surface area contributed by atoms with Crippen LogP contribution in [-0.4, -0.2) is 15.6 Å². The number of halogens is 1. The molecule has 0 radical (unpaired) electrons. The van der Waals surface area contributed by atoms with E-state index >= 15 is 0 Å². The van der Waals surface area contributed by atoms with Crippen molar-refractivity contribution < 1.29 is 15.2 Å². The summed E-state index contributed by atoms with van der Waals surface area (Å²) >= 11 is 1.92. The highest BCUT2D eigenvalue weighted by Crippen LogP contribution is 2.16. The van der Waals surface area contributed by atoms with Crippen molar-refractivity contribution in [2.24, 2.45) is 0 Å². The first kappa shape index (κ1) is 14.9. The standard InChI is InChI=1S/C13H12IN3O3/c14-11-2-1-9(7-12(11)17(19)20)13(18)8-16-5-3-10(15)4-6-16/h1-7,15,17,19H,8H2. The Labute approximate surface area is 128 Å². The van der Waals surface area contributed by atoms with E-state index in [0.717, 1.165) is 0 Å². The van der Waals surface area contributed by atoms with Gasteiger partial charge in [-0.15, -0.1) is 0 Å². The molecule has 0 aliphatic heterocycles. The monoisotopic (exact) mass is 385 g/mol. The lowest BCUT2D eigenvalue weighted by Gasteiger charge is -2.14. The van der Waals surface area contributed by atoms with Gasteiger partial charge in [-0.3, -0.25) is 4.79 Å². The number of benzene rings is 1. The maximum absolute atomic E-state index is 12.1. The average molecular weight is 385 g/mol. The Morgan fingerprint density at radius 2 is 2.00 bits per heavy atom. The molecular formula is C13H12IN3O3. The molecule has 7 heteroatoms. The lowest BCUT2D eigenvalue weighted by molar-refractivity contribution is -0.991. The third kappa shape index (κ3) is 3.51. The maximum Gasteiger partial charge on any atom is 0.182 e. The molecule has 1 aromatic heterocycles. The summed E-state index contributed by atoms with van der Waals surface area (Å²) in [6.07, 6.45) is 3.29. The molecule has 1 aromatic carbocycles. The van der Waals surface area contributed by atoms with Crippen LogP contribution in [0.1, 0.15) is 10.4 Å². The van der Waals surface area contributed by atoms with E-state index in [2.05, 4.69) is 0 Å². The summed E-state index contributed by atoms with van der Waals surface area (Å²) in [6.45, 7) is 0.111. The van der Waals surface area contributed by atoms with E-state index in [4.69, 9.17) is 10.6 Å². The molecule has 0 bridgehead atoms. The van der Waals surface area contributed by atoms with Crippen molar-refractivity contribution in [3.8, 4) is 0 Å². The van der Waals surface area contributed by atoms with E-state index in [1.54, 1.807) is 41.2 Å². The van der Waals surface area contributed by atoms with Gasteiger partial charge in [0.15, 0.2) is 11.5 Å². The summed E-state index contributed by atoms with van der Waals surface area (Å²) in [5.41, 5.74) is 0.494. The molecule has 6 nitrogen and oxygen atoms in total. The van der Waals surface area contributed by atoms with Crippen LogP contribution < -0.4 is 10.6 Å². The summed E-state index contributed by atoms with van der Waals surface area (Å²) in [4.78, 5) is 12.1. The molecule has 0 aliphatic carbocycles. The number of Topliss-reactive ketones (excluding diaryl/α,β-unsaturated/α-hetero) is 1. The number of quaternary nitrogens is 1. The summed E-state index contributed by atoms with van der Waals surface area (Å²) in [5, 5.41) is 26.8. The van der Waals surface area contributed by atoms with Crippen LogP contribution in [0, 0.1) is 14.2 Å². The van der Waals surface area contributed by atoms with Gasteiger partial charge in [0.25, 0.3) is 0 Å². The number of pyridine rings is 1. The topological polar surface area (TPSA) is 93.6 Å². The van der Waals surface area contributed by atoms with Crippen LogP contribution in [0.2, 0.25) is 0 Å². The first-order chi connectivity index (χ1) is 9.47. The van der Waals surface area contributed by atoms with Crippen molar-refractivity contribution >= 4 is 34.1 Å². The Balaban J connectivity index is 2.23. The van der Waals surface area contributed by atoms with Crippen LogP contribution in [0.25, 0.3) is 0 Å². The number of carbonyl (C=O) groups excluding carboxylic acids is 1. The van der Waals surface area contributed by atoms with Gasteiger partial charge in [0, 0.05) is 24.0 Å². The normalized spacial score (nSPS) is 12.2. The SMILES string of the molecule is N=c1ccn(CC(=O)c2ccc(I)c([NH+]([O-])O)c2)cc1. The largest absolute Gasteiger partial charge is 0.595 e. The number of nitrogens with zero attached hydrogens (tertiary/aromatic N) is 1. The zero-order valence-electron chi connectivity index (χ0n) is 10.3. The molecule has 0 spiro atoms. The molecular weight excluding hydrogens is 373 g/mol. The summed E-state index contributed by atoms with van der Waals surface area (Å²) < 4.78 is 2.25. The van der Waals surface area contributed by atoms with E-state index in [-0.39, 0.29) is 18.0 Å². The van der Waals surface area contributed by atoms with E-state index in [1.807, 2.05) is 22.6 Å². The minimum absolute atomic E-state index is 0.111. The van der Waals surface area contributed by atoms with Crippen LogP contribution in [-0.2, 0) is 6.54 Å². The highest BCUT2D eigenvalue weighted by molar-refractivity contribution is 14.1. The molecule has 1 unspecified atom stereocenters. The Kier molecular flexibility index (Phi) is 4.65. The van der Waals surface area contributed by atoms with Crippen LogP contribution in [0.4, 0.5) is 5.69 Å². The molecule has 2 rings (SSSR count).